The largest absolute Gasteiger partial charge is 0.385 e. The third-order valence-corrected chi connectivity index (χ3v) is 6.33. The summed E-state index contributed by atoms with van der Waals surface area (Å²) in [6.07, 6.45) is 8.65. The van der Waals surface area contributed by atoms with Crippen LogP contribution in [-0.2, 0) is 14.9 Å². The maximum absolute atomic E-state index is 5.99. The number of nitrogens with zero attached hydrogens (tertiary/aromatic N) is 2. The van der Waals surface area contributed by atoms with Crippen molar-refractivity contribution < 1.29 is 9.47 Å². The Morgan fingerprint density at radius 2 is 1.83 bits per heavy atom. The third-order valence-electron chi connectivity index (χ3n) is 6.33. The molecule has 0 atom stereocenters. The van der Waals surface area contributed by atoms with Gasteiger partial charge in [0, 0.05) is 52.4 Å². The Labute approximate surface area is 193 Å². The minimum absolute atomic E-state index is 0. The van der Waals surface area contributed by atoms with Crippen LogP contribution in [0.2, 0.25) is 0 Å². The fourth-order valence-corrected chi connectivity index (χ4v) is 4.68. The highest BCUT2D eigenvalue weighted by atomic mass is 127. The van der Waals surface area contributed by atoms with Crippen LogP contribution in [-0.4, -0.2) is 64.0 Å². The Morgan fingerprint density at radius 3 is 2.45 bits per heavy atom. The molecular weight excluding hydrogens is 477 g/mol. The average Bonchev–Trinajstić information content (AvgIpc) is 3.23. The van der Waals surface area contributed by atoms with E-state index in [9.17, 15) is 0 Å². The Hall–Kier alpha value is -0.860. The third kappa shape index (κ3) is 6.82. The molecular formula is C23H38IN3O2. The van der Waals surface area contributed by atoms with Crippen molar-refractivity contribution in [3.8, 4) is 0 Å². The zero-order chi connectivity index (χ0) is 19.7. The number of halogens is 1. The van der Waals surface area contributed by atoms with E-state index in [4.69, 9.17) is 9.47 Å². The molecule has 6 heteroatoms. The SMILES string of the molecule is CN=C(NCC1(c2ccccc2)CCCC1)N1CCC(OCCCOC)CC1.I. The lowest BCUT2D eigenvalue weighted by Crippen LogP contribution is -2.50. The summed E-state index contributed by atoms with van der Waals surface area (Å²) in [4.78, 5) is 6.97. The van der Waals surface area contributed by atoms with Gasteiger partial charge in [0.15, 0.2) is 5.96 Å². The van der Waals surface area contributed by atoms with E-state index in [1.165, 1.54) is 31.2 Å². The van der Waals surface area contributed by atoms with E-state index < -0.39 is 0 Å². The van der Waals surface area contributed by atoms with Crippen molar-refractivity contribution in [3.05, 3.63) is 35.9 Å². The summed E-state index contributed by atoms with van der Waals surface area (Å²) >= 11 is 0. The molecule has 1 aliphatic heterocycles. The van der Waals surface area contributed by atoms with Crippen molar-refractivity contribution in [2.24, 2.45) is 4.99 Å². The fraction of sp³-hybridized carbons (Fsp3) is 0.696. The van der Waals surface area contributed by atoms with Crippen LogP contribution >= 0.6 is 24.0 Å². The zero-order valence-electron chi connectivity index (χ0n) is 18.1. The van der Waals surface area contributed by atoms with Gasteiger partial charge in [-0.05, 0) is 37.7 Å². The molecule has 1 aliphatic carbocycles. The van der Waals surface area contributed by atoms with E-state index in [1.807, 2.05) is 7.05 Å². The van der Waals surface area contributed by atoms with Gasteiger partial charge in [-0.3, -0.25) is 4.99 Å². The van der Waals surface area contributed by atoms with Crippen molar-refractivity contribution in [1.82, 2.24) is 10.2 Å². The molecule has 0 radical (unpaired) electrons. The van der Waals surface area contributed by atoms with Crippen LogP contribution in [0.4, 0.5) is 0 Å². The van der Waals surface area contributed by atoms with E-state index in [1.54, 1.807) is 7.11 Å². The Balaban J connectivity index is 0.00000300. The second-order valence-corrected chi connectivity index (χ2v) is 8.16. The summed E-state index contributed by atoms with van der Waals surface area (Å²) in [5.74, 6) is 1.04. The van der Waals surface area contributed by atoms with E-state index in [0.717, 1.165) is 58.1 Å². The number of methoxy groups -OCH3 is 1. The molecule has 1 N–H and O–H groups in total. The van der Waals surface area contributed by atoms with Gasteiger partial charge in [-0.2, -0.15) is 0 Å². The fourth-order valence-electron chi connectivity index (χ4n) is 4.68. The molecule has 0 bridgehead atoms. The first-order chi connectivity index (χ1) is 13.8. The van der Waals surface area contributed by atoms with Crippen LogP contribution in [0.5, 0.6) is 0 Å². The molecule has 1 saturated carbocycles. The molecule has 164 valence electrons. The van der Waals surface area contributed by atoms with Gasteiger partial charge in [0.2, 0.25) is 0 Å². The van der Waals surface area contributed by atoms with Gasteiger partial charge in [-0.1, -0.05) is 43.2 Å². The summed E-state index contributed by atoms with van der Waals surface area (Å²) in [6.45, 7) is 4.56. The highest BCUT2D eigenvalue weighted by molar-refractivity contribution is 14.0. The van der Waals surface area contributed by atoms with Gasteiger partial charge in [0.05, 0.1) is 6.10 Å². The smallest absolute Gasteiger partial charge is 0.193 e. The summed E-state index contributed by atoms with van der Waals surface area (Å²) in [6, 6.07) is 11.0. The zero-order valence-corrected chi connectivity index (χ0v) is 20.4. The Kier molecular flexibility index (Phi) is 10.7. The number of hydrogen-bond donors (Lipinski definition) is 1. The molecule has 5 nitrogen and oxygen atoms in total. The molecule has 2 aliphatic rings. The lowest BCUT2D eigenvalue weighted by Gasteiger charge is -2.36. The minimum Gasteiger partial charge on any atom is -0.385 e. The van der Waals surface area contributed by atoms with E-state index in [0.29, 0.717) is 6.10 Å². The van der Waals surface area contributed by atoms with Crippen LogP contribution in [0.1, 0.15) is 50.5 Å². The molecule has 0 amide bonds. The Bertz CT molecular complexity index is 597. The second kappa shape index (κ2) is 12.7. The molecule has 29 heavy (non-hydrogen) atoms. The first-order valence-electron chi connectivity index (χ1n) is 10.9. The van der Waals surface area contributed by atoms with Crippen molar-refractivity contribution in [1.29, 1.82) is 0 Å². The number of ether oxygens (including phenoxy) is 2. The summed E-state index contributed by atoms with van der Waals surface area (Å²) in [7, 11) is 3.64. The summed E-state index contributed by atoms with van der Waals surface area (Å²) in [5.41, 5.74) is 1.72. The number of nitrogens with one attached hydrogen (secondary N) is 1. The highest BCUT2D eigenvalue weighted by Gasteiger charge is 2.36. The van der Waals surface area contributed by atoms with Crippen LogP contribution in [0.25, 0.3) is 0 Å². The summed E-state index contributed by atoms with van der Waals surface area (Å²) < 4.78 is 11.1. The van der Waals surface area contributed by atoms with Crippen molar-refractivity contribution in [2.45, 2.75) is 56.5 Å². The first kappa shape index (κ1) is 24.4. The topological polar surface area (TPSA) is 46.1 Å². The Morgan fingerprint density at radius 1 is 1.14 bits per heavy atom. The van der Waals surface area contributed by atoms with Crippen molar-refractivity contribution in [3.63, 3.8) is 0 Å². The molecule has 1 heterocycles. The van der Waals surface area contributed by atoms with Gasteiger partial charge in [-0.25, -0.2) is 0 Å². The molecule has 0 spiro atoms. The second-order valence-electron chi connectivity index (χ2n) is 8.16. The predicted octanol–water partition coefficient (Wildman–Crippen LogP) is 4.21. The monoisotopic (exact) mass is 515 g/mol. The normalized spacial score (nSPS) is 19.8. The van der Waals surface area contributed by atoms with Gasteiger partial charge in [-0.15, -0.1) is 24.0 Å². The van der Waals surface area contributed by atoms with Crippen LogP contribution in [0, 0.1) is 0 Å². The minimum atomic E-state index is 0. The molecule has 0 aromatic heterocycles. The maximum Gasteiger partial charge on any atom is 0.193 e. The molecule has 1 saturated heterocycles. The lowest BCUT2D eigenvalue weighted by molar-refractivity contribution is 0.00987. The van der Waals surface area contributed by atoms with Crippen molar-refractivity contribution in [2.75, 3.05) is 47.0 Å². The molecule has 2 fully saturated rings. The number of hydrogen-bond acceptors (Lipinski definition) is 3. The number of aliphatic imine (C=N–C) groups is 1. The average molecular weight is 515 g/mol. The molecule has 1 aromatic carbocycles. The van der Waals surface area contributed by atoms with E-state index in [2.05, 4.69) is 45.5 Å². The van der Waals surface area contributed by atoms with Crippen LogP contribution in [0.15, 0.2) is 35.3 Å². The van der Waals surface area contributed by atoms with Crippen LogP contribution < -0.4 is 5.32 Å². The standard InChI is InChI=1S/C23H37N3O2.HI/c1-24-22(26-15-11-21(12-16-26)28-18-8-17-27-2)25-19-23(13-6-7-14-23)20-9-4-3-5-10-20;/h3-5,9-10,21H,6-8,11-19H2,1-2H3,(H,24,25);1H. The number of likely N-dealkylation sites (tertiary alicyclic amines) is 1. The summed E-state index contributed by atoms with van der Waals surface area (Å²) in [5, 5.41) is 3.71. The highest BCUT2D eigenvalue weighted by Crippen LogP contribution is 2.40. The first-order valence-corrected chi connectivity index (χ1v) is 10.9. The molecule has 0 unspecified atom stereocenters. The maximum atomic E-state index is 5.99. The van der Waals surface area contributed by atoms with Gasteiger partial charge in [0.1, 0.15) is 0 Å². The van der Waals surface area contributed by atoms with E-state index in [-0.39, 0.29) is 29.4 Å². The number of rotatable bonds is 8. The number of benzene rings is 1. The van der Waals surface area contributed by atoms with Gasteiger partial charge < -0.3 is 19.7 Å². The van der Waals surface area contributed by atoms with Gasteiger partial charge >= 0.3 is 0 Å². The van der Waals surface area contributed by atoms with Crippen LogP contribution in [0.3, 0.4) is 0 Å². The molecule has 1 aromatic rings. The number of guanidine groups is 1. The molecule has 3 rings (SSSR count). The van der Waals surface area contributed by atoms with Gasteiger partial charge in [0.25, 0.3) is 0 Å². The van der Waals surface area contributed by atoms with Crippen molar-refractivity contribution >= 4 is 29.9 Å². The lowest BCUT2D eigenvalue weighted by atomic mass is 9.79. The predicted molar refractivity (Wildman–Crippen MR) is 130 cm³/mol. The quantitative estimate of drug-likeness (QED) is 0.244. The number of piperidine rings is 1. The van der Waals surface area contributed by atoms with E-state index >= 15 is 0 Å².